The molecule has 4 heteroatoms. The van der Waals surface area contributed by atoms with E-state index in [2.05, 4.69) is 0 Å². The van der Waals surface area contributed by atoms with Gasteiger partial charge in [0.2, 0.25) is 0 Å². The van der Waals surface area contributed by atoms with Crippen molar-refractivity contribution in [3.63, 3.8) is 0 Å². The van der Waals surface area contributed by atoms with Crippen molar-refractivity contribution in [2.75, 3.05) is 0 Å². The van der Waals surface area contributed by atoms with Crippen LogP contribution in [0.4, 0.5) is 0 Å². The summed E-state index contributed by atoms with van der Waals surface area (Å²) in [5, 5.41) is 11.0. The number of hydrogen-bond donors (Lipinski definition) is 0. The lowest BCUT2D eigenvalue weighted by Crippen LogP contribution is -2.39. The Hall–Kier alpha value is -0.730. The van der Waals surface area contributed by atoms with Gasteiger partial charge >= 0.3 is 0 Å². The van der Waals surface area contributed by atoms with Crippen LogP contribution in [0.5, 0.6) is 0 Å². The second kappa shape index (κ2) is 2.88. The summed E-state index contributed by atoms with van der Waals surface area (Å²) in [4.78, 5) is 11.0. The SMILES string of the molecule is O=C([O-])[C@]1(c2ccccc2)CC1(Cl)Cl. The number of halogens is 2. The van der Waals surface area contributed by atoms with Gasteiger partial charge in [-0.25, -0.2) is 0 Å². The Morgan fingerprint density at radius 3 is 2.14 bits per heavy atom. The van der Waals surface area contributed by atoms with Crippen LogP contribution in [-0.2, 0) is 10.2 Å². The Balaban J connectivity index is 2.47. The molecule has 1 aromatic rings. The predicted molar refractivity (Wildman–Crippen MR) is 52.2 cm³/mol. The predicted octanol–water partition coefficient (Wildman–Crippen LogP) is 1.25. The van der Waals surface area contributed by atoms with E-state index >= 15 is 0 Å². The smallest absolute Gasteiger partial charge is 0.134 e. The molecule has 1 aromatic carbocycles. The van der Waals surface area contributed by atoms with Gasteiger partial charge in [0.1, 0.15) is 4.33 Å². The lowest BCUT2D eigenvalue weighted by molar-refractivity contribution is -0.309. The molecule has 1 saturated carbocycles. The molecule has 0 bridgehead atoms. The van der Waals surface area contributed by atoms with Crippen LogP contribution in [0.15, 0.2) is 30.3 Å². The molecule has 0 N–H and O–H groups in total. The zero-order valence-corrected chi connectivity index (χ0v) is 8.68. The number of hydrogen-bond acceptors (Lipinski definition) is 2. The van der Waals surface area contributed by atoms with E-state index in [9.17, 15) is 9.90 Å². The molecular weight excluding hydrogens is 223 g/mol. The standard InChI is InChI=1S/C10H8Cl2O2/c11-10(12)6-9(10,8(13)14)7-4-2-1-3-5-7/h1-5H,6H2,(H,13,14)/p-1/t9-/m1/s1. The molecule has 0 heterocycles. The van der Waals surface area contributed by atoms with Gasteiger partial charge in [-0.05, 0) is 12.0 Å². The summed E-state index contributed by atoms with van der Waals surface area (Å²) in [5.41, 5.74) is -0.623. The highest BCUT2D eigenvalue weighted by Crippen LogP contribution is 2.64. The van der Waals surface area contributed by atoms with Gasteiger partial charge in [0, 0.05) is 0 Å². The molecule has 1 aliphatic carbocycles. The van der Waals surface area contributed by atoms with Crippen molar-refractivity contribution in [3.8, 4) is 0 Å². The number of aliphatic carboxylic acids is 1. The molecule has 0 radical (unpaired) electrons. The second-order valence-electron chi connectivity index (χ2n) is 3.44. The van der Waals surface area contributed by atoms with Gasteiger partial charge in [0.05, 0.1) is 11.4 Å². The Labute approximate surface area is 91.4 Å². The Morgan fingerprint density at radius 2 is 1.79 bits per heavy atom. The molecule has 1 fully saturated rings. The maximum atomic E-state index is 11.0. The molecule has 1 atom stereocenters. The third kappa shape index (κ3) is 1.14. The van der Waals surface area contributed by atoms with Crippen LogP contribution in [0.3, 0.4) is 0 Å². The van der Waals surface area contributed by atoms with E-state index in [4.69, 9.17) is 23.2 Å². The van der Waals surface area contributed by atoms with E-state index in [1.165, 1.54) is 0 Å². The van der Waals surface area contributed by atoms with Gasteiger partial charge in [-0.1, -0.05) is 30.3 Å². The van der Waals surface area contributed by atoms with E-state index in [0.717, 1.165) is 0 Å². The number of carboxylic acid groups (broad SMARTS) is 1. The molecule has 2 nitrogen and oxygen atoms in total. The van der Waals surface area contributed by atoms with Crippen LogP contribution in [0.25, 0.3) is 0 Å². The quantitative estimate of drug-likeness (QED) is 0.717. The lowest BCUT2D eigenvalue weighted by atomic mass is 9.96. The van der Waals surface area contributed by atoms with Crippen molar-refractivity contribution in [2.45, 2.75) is 16.2 Å². The number of carboxylic acids is 1. The van der Waals surface area contributed by atoms with Gasteiger partial charge in [-0.2, -0.15) is 0 Å². The van der Waals surface area contributed by atoms with Crippen LogP contribution >= 0.6 is 23.2 Å². The van der Waals surface area contributed by atoms with Crippen LogP contribution in [-0.4, -0.2) is 10.3 Å². The molecule has 0 unspecified atom stereocenters. The zero-order chi connectivity index (χ0) is 10.4. The van der Waals surface area contributed by atoms with Crippen molar-refractivity contribution in [3.05, 3.63) is 35.9 Å². The van der Waals surface area contributed by atoms with E-state index in [1.807, 2.05) is 0 Å². The Morgan fingerprint density at radius 1 is 1.29 bits per heavy atom. The number of rotatable bonds is 2. The molecule has 74 valence electrons. The number of carbonyl (C=O) groups is 1. The fourth-order valence-corrected chi connectivity index (χ4v) is 2.44. The Kier molecular flexibility index (Phi) is 2.02. The minimum Gasteiger partial charge on any atom is -0.549 e. The maximum absolute atomic E-state index is 11.0. The highest BCUT2D eigenvalue weighted by Gasteiger charge is 2.68. The molecule has 14 heavy (non-hydrogen) atoms. The van der Waals surface area contributed by atoms with Crippen molar-refractivity contribution < 1.29 is 9.90 Å². The molecule has 0 aromatic heterocycles. The normalized spacial score (nSPS) is 28.4. The summed E-state index contributed by atoms with van der Waals surface area (Å²) in [7, 11) is 0. The van der Waals surface area contributed by atoms with Crippen LogP contribution < -0.4 is 5.11 Å². The third-order valence-corrected chi connectivity index (χ3v) is 3.51. The fraction of sp³-hybridized carbons (Fsp3) is 0.300. The molecular formula is C10H7Cl2O2-. The van der Waals surface area contributed by atoms with Crippen molar-refractivity contribution >= 4 is 29.2 Å². The van der Waals surface area contributed by atoms with Crippen molar-refractivity contribution in [2.24, 2.45) is 0 Å². The first-order chi connectivity index (χ1) is 6.51. The molecule has 1 aliphatic rings. The summed E-state index contributed by atoms with van der Waals surface area (Å²) in [5.74, 6) is -1.21. The van der Waals surface area contributed by atoms with Crippen molar-refractivity contribution in [1.82, 2.24) is 0 Å². The van der Waals surface area contributed by atoms with Crippen LogP contribution in [0, 0.1) is 0 Å². The summed E-state index contributed by atoms with van der Waals surface area (Å²) in [6.45, 7) is 0. The summed E-state index contributed by atoms with van der Waals surface area (Å²) >= 11 is 11.7. The van der Waals surface area contributed by atoms with Crippen LogP contribution in [0.2, 0.25) is 0 Å². The average Bonchev–Trinajstić information content (AvgIpc) is 2.72. The van der Waals surface area contributed by atoms with E-state index in [1.54, 1.807) is 30.3 Å². The largest absolute Gasteiger partial charge is 0.549 e. The summed E-state index contributed by atoms with van der Waals surface area (Å²) < 4.78 is -1.23. The van der Waals surface area contributed by atoms with Crippen LogP contribution in [0.1, 0.15) is 12.0 Å². The third-order valence-electron chi connectivity index (χ3n) is 2.60. The van der Waals surface area contributed by atoms with Gasteiger partial charge < -0.3 is 9.90 Å². The number of carbonyl (C=O) groups excluding carboxylic acids is 1. The molecule has 0 amide bonds. The Bertz CT molecular complexity index is 375. The lowest BCUT2D eigenvalue weighted by Gasteiger charge is -2.19. The van der Waals surface area contributed by atoms with Crippen molar-refractivity contribution in [1.29, 1.82) is 0 Å². The summed E-state index contributed by atoms with van der Waals surface area (Å²) in [6.07, 6.45) is 0.204. The first-order valence-corrected chi connectivity index (χ1v) is 4.91. The topological polar surface area (TPSA) is 40.1 Å². The zero-order valence-electron chi connectivity index (χ0n) is 7.17. The molecule has 0 aliphatic heterocycles. The van der Waals surface area contributed by atoms with Gasteiger partial charge in [-0.3, -0.25) is 0 Å². The van der Waals surface area contributed by atoms with E-state index in [-0.39, 0.29) is 6.42 Å². The number of benzene rings is 1. The highest BCUT2D eigenvalue weighted by molar-refractivity contribution is 6.54. The number of alkyl halides is 2. The minimum atomic E-state index is -1.23. The van der Waals surface area contributed by atoms with Gasteiger partial charge in [0.15, 0.2) is 0 Å². The van der Waals surface area contributed by atoms with E-state index in [0.29, 0.717) is 5.56 Å². The first kappa shape index (κ1) is 9.81. The monoisotopic (exact) mass is 229 g/mol. The fourth-order valence-electron chi connectivity index (χ4n) is 1.66. The maximum Gasteiger partial charge on any atom is 0.134 e. The minimum absolute atomic E-state index is 0.204. The van der Waals surface area contributed by atoms with E-state index < -0.39 is 15.7 Å². The second-order valence-corrected chi connectivity index (χ2v) is 4.92. The molecule has 0 spiro atoms. The highest BCUT2D eigenvalue weighted by atomic mass is 35.5. The molecule has 2 rings (SSSR count). The first-order valence-electron chi connectivity index (χ1n) is 4.15. The summed E-state index contributed by atoms with van der Waals surface area (Å²) in [6, 6.07) is 8.70. The molecule has 0 saturated heterocycles. The van der Waals surface area contributed by atoms with Gasteiger partial charge in [0.25, 0.3) is 0 Å². The average molecular weight is 230 g/mol. The van der Waals surface area contributed by atoms with Gasteiger partial charge in [-0.15, -0.1) is 23.2 Å².